The van der Waals surface area contributed by atoms with Gasteiger partial charge in [0.2, 0.25) is 5.91 Å². The minimum absolute atomic E-state index is 0.0178. The van der Waals surface area contributed by atoms with E-state index in [1.54, 1.807) is 19.0 Å². The Kier molecular flexibility index (Phi) is 14.4. The van der Waals surface area contributed by atoms with Gasteiger partial charge in [-0.25, -0.2) is 4.99 Å². The van der Waals surface area contributed by atoms with Gasteiger partial charge in [0.15, 0.2) is 5.96 Å². The van der Waals surface area contributed by atoms with Gasteiger partial charge < -0.3 is 25.0 Å². The topological polar surface area (TPSA) is 75.2 Å². The first-order valence-corrected chi connectivity index (χ1v) is 8.89. The van der Waals surface area contributed by atoms with E-state index >= 15 is 0 Å². The molecule has 0 aromatic rings. The van der Waals surface area contributed by atoms with E-state index in [1.165, 1.54) is 0 Å². The first kappa shape index (κ1) is 22.7. The highest BCUT2D eigenvalue weighted by Crippen LogP contribution is 1.93. The van der Waals surface area contributed by atoms with Crippen LogP contribution in [-0.2, 0) is 14.3 Å². The van der Waals surface area contributed by atoms with Crippen LogP contribution in [0.5, 0.6) is 0 Å². The molecule has 24 heavy (non-hydrogen) atoms. The van der Waals surface area contributed by atoms with Crippen molar-refractivity contribution in [3.05, 3.63) is 0 Å². The first-order valence-electron chi connectivity index (χ1n) is 8.89. The third-order valence-corrected chi connectivity index (χ3v) is 3.15. The Morgan fingerprint density at radius 2 is 1.75 bits per heavy atom. The van der Waals surface area contributed by atoms with E-state index in [1.807, 2.05) is 20.8 Å². The number of hydrogen-bond donors (Lipinski definition) is 2. The van der Waals surface area contributed by atoms with Crippen LogP contribution in [0.1, 0.15) is 40.0 Å². The summed E-state index contributed by atoms with van der Waals surface area (Å²) >= 11 is 0. The smallest absolute Gasteiger partial charge is 0.243 e. The predicted octanol–water partition coefficient (Wildman–Crippen LogP) is 1.24. The number of likely N-dealkylation sites (N-methyl/N-ethyl adjacent to an activating group) is 1. The monoisotopic (exact) mass is 344 g/mol. The van der Waals surface area contributed by atoms with Crippen LogP contribution in [0.2, 0.25) is 0 Å². The Bertz CT molecular complexity index is 347. The molecule has 0 atom stereocenters. The Morgan fingerprint density at radius 3 is 2.33 bits per heavy atom. The zero-order chi connectivity index (χ0) is 18.2. The van der Waals surface area contributed by atoms with Crippen molar-refractivity contribution in [3.8, 4) is 0 Å². The molecule has 2 N–H and O–H groups in total. The number of nitrogens with one attached hydrogen (secondary N) is 2. The van der Waals surface area contributed by atoms with Crippen molar-refractivity contribution in [2.24, 2.45) is 4.99 Å². The molecular weight excluding hydrogens is 308 g/mol. The SMILES string of the molecule is CCOCCCNC(=NCC(=O)N(C)C)NCCCCOC(C)C. The van der Waals surface area contributed by atoms with Crippen LogP contribution in [0.3, 0.4) is 0 Å². The fourth-order valence-corrected chi connectivity index (χ4v) is 1.74. The van der Waals surface area contributed by atoms with Crippen LogP contribution >= 0.6 is 0 Å². The summed E-state index contributed by atoms with van der Waals surface area (Å²) in [6.45, 7) is 9.99. The van der Waals surface area contributed by atoms with Crippen LogP contribution in [0.15, 0.2) is 4.99 Å². The lowest BCUT2D eigenvalue weighted by Gasteiger charge is -2.14. The van der Waals surface area contributed by atoms with Gasteiger partial charge >= 0.3 is 0 Å². The van der Waals surface area contributed by atoms with Crippen molar-refractivity contribution in [3.63, 3.8) is 0 Å². The van der Waals surface area contributed by atoms with Crippen molar-refractivity contribution in [2.75, 3.05) is 53.6 Å². The molecule has 142 valence electrons. The maximum Gasteiger partial charge on any atom is 0.243 e. The van der Waals surface area contributed by atoms with E-state index < -0.39 is 0 Å². The molecule has 0 saturated carbocycles. The van der Waals surface area contributed by atoms with Gasteiger partial charge in [0, 0.05) is 47.0 Å². The molecule has 0 saturated heterocycles. The Balaban J connectivity index is 4.11. The van der Waals surface area contributed by atoms with Gasteiger partial charge in [0.05, 0.1) is 6.10 Å². The molecule has 0 spiro atoms. The number of unbranched alkanes of at least 4 members (excludes halogenated alkanes) is 1. The average Bonchev–Trinajstić information content (AvgIpc) is 2.53. The molecule has 0 rings (SSSR count). The minimum atomic E-state index is -0.0178. The second kappa shape index (κ2) is 15.2. The Hall–Kier alpha value is -1.34. The average molecular weight is 345 g/mol. The van der Waals surface area contributed by atoms with Crippen LogP contribution in [0, 0.1) is 0 Å². The molecule has 0 unspecified atom stereocenters. The summed E-state index contributed by atoms with van der Waals surface area (Å²) in [6.07, 6.45) is 3.17. The molecule has 0 aliphatic heterocycles. The Morgan fingerprint density at radius 1 is 1.08 bits per heavy atom. The largest absolute Gasteiger partial charge is 0.382 e. The van der Waals surface area contributed by atoms with E-state index in [0.29, 0.717) is 5.96 Å². The summed E-state index contributed by atoms with van der Waals surface area (Å²) in [6, 6.07) is 0. The molecule has 0 radical (unpaired) electrons. The molecule has 0 aromatic carbocycles. The van der Waals surface area contributed by atoms with Crippen LogP contribution in [0.4, 0.5) is 0 Å². The first-order chi connectivity index (χ1) is 11.5. The van der Waals surface area contributed by atoms with E-state index in [9.17, 15) is 4.79 Å². The fraction of sp³-hybridized carbons (Fsp3) is 0.882. The zero-order valence-corrected chi connectivity index (χ0v) is 16.1. The molecule has 7 heteroatoms. The number of ether oxygens (including phenoxy) is 2. The molecule has 0 heterocycles. The van der Waals surface area contributed by atoms with Crippen LogP contribution in [0.25, 0.3) is 0 Å². The quantitative estimate of drug-likeness (QED) is 0.299. The second-order valence-corrected chi connectivity index (χ2v) is 5.98. The number of guanidine groups is 1. The van der Waals surface area contributed by atoms with Crippen LogP contribution < -0.4 is 10.6 Å². The maximum absolute atomic E-state index is 11.7. The lowest BCUT2D eigenvalue weighted by molar-refractivity contribution is -0.127. The normalized spacial score (nSPS) is 11.7. The number of aliphatic imine (C=N–C) groups is 1. The van der Waals surface area contributed by atoms with Crippen molar-refractivity contribution < 1.29 is 14.3 Å². The molecule has 0 bridgehead atoms. The van der Waals surface area contributed by atoms with Gasteiger partial charge in [-0.15, -0.1) is 0 Å². The number of carbonyl (C=O) groups excluding carboxylic acids is 1. The third kappa shape index (κ3) is 14.3. The van der Waals surface area contributed by atoms with E-state index in [4.69, 9.17) is 9.47 Å². The third-order valence-electron chi connectivity index (χ3n) is 3.15. The minimum Gasteiger partial charge on any atom is -0.382 e. The van der Waals surface area contributed by atoms with Gasteiger partial charge in [-0.2, -0.15) is 0 Å². The van der Waals surface area contributed by atoms with Crippen molar-refractivity contribution in [1.82, 2.24) is 15.5 Å². The van der Waals surface area contributed by atoms with Crippen LogP contribution in [-0.4, -0.2) is 76.4 Å². The number of rotatable bonds is 13. The summed E-state index contributed by atoms with van der Waals surface area (Å²) in [5, 5.41) is 6.50. The maximum atomic E-state index is 11.7. The van der Waals surface area contributed by atoms with E-state index in [-0.39, 0.29) is 18.6 Å². The number of hydrogen-bond acceptors (Lipinski definition) is 4. The van der Waals surface area contributed by atoms with Crippen molar-refractivity contribution in [1.29, 1.82) is 0 Å². The van der Waals surface area contributed by atoms with Gasteiger partial charge in [-0.3, -0.25) is 4.79 Å². The van der Waals surface area contributed by atoms with E-state index in [0.717, 1.165) is 52.2 Å². The predicted molar refractivity (Wildman–Crippen MR) is 98.4 cm³/mol. The van der Waals surface area contributed by atoms with Gasteiger partial charge in [-0.1, -0.05) is 0 Å². The van der Waals surface area contributed by atoms with Gasteiger partial charge in [0.25, 0.3) is 0 Å². The molecular formula is C17H36N4O3. The van der Waals surface area contributed by atoms with Crippen molar-refractivity contribution >= 4 is 11.9 Å². The lowest BCUT2D eigenvalue weighted by Crippen LogP contribution is -2.39. The van der Waals surface area contributed by atoms with E-state index in [2.05, 4.69) is 15.6 Å². The van der Waals surface area contributed by atoms with Crippen molar-refractivity contribution in [2.45, 2.75) is 46.1 Å². The number of carbonyl (C=O) groups is 1. The Labute approximate surface area is 147 Å². The second-order valence-electron chi connectivity index (χ2n) is 5.98. The lowest BCUT2D eigenvalue weighted by atomic mass is 10.3. The number of amides is 1. The standard InChI is InChI=1S/C17H36N4O3/c1-6-23-12-9-11-19-17(20-14-16(22)21(4)5)18-10-7-8-13-24-15(2)3/h15H,6-14H2,1-5H3,(H2,18,19,20). The molecule has 7 nitrogen and oxygen atoms in total. The highest BCUT2D eigenvalue weighted by atomic mass is 16.5. The molecule has 0 fully saturated rings. The van der Waals surface area contributed by atoms with Gasteiger partial charge in [0.1, 0.15) is 6.54 Å². The summed E-state index contributed by atoms with van der Waals surface area (Å²) in [7, 11) is 3.46. The summed E-state index contributed by atoms with van der Waals surface area (Å²) in [5.74, 6) is 0.655. The summed E-state index contributed by atoms with van der Waals surface area (Å²) in [5.41, 5.74) is 0. The zero-order valence-electron chi connectivity index (χ0n) is 16.1. The fourth-order valence-electron chi connectivity index (χ4n) is 1.74. The molecule has 0 aliphatic carbocycles. The summed E-state index contributed by atoms with van der Waals surface area (Å²) < 4.78 is 10.8. The molecule has 0 aliphatic rings. The molecule has 1 amide bonds. The summed E-state index contributed by atoms with van der Waals surface area (Å²) in [4.78, 5) is 17.5. The van der Waals surface area contributed by atoms with Gasteiger partial charge in [-0.05, 0) is 40.0 Å². The highest BCUT2D eigenvalue weighted by molar-refractivity contribution is 5.84. The molecule has 0 aromatic heterocycles. The number of nitrogens with zero attached hydrogens (tertiary/aromatic N) is 2. The highest BCUT2D eigenvalue weighted by Gasteiger charge is 2.04.